The molecule has 3 heterocycles. The zero-order valence-corrected chi connectivity index (χ0v) is 18.1. The number of benzene rings is 1. The van der Waals surface area contributed by atoms with E-state index in [9.17, 15) is 27.2 Å². The number of carboxylic acid groups (broad SMARTS) is 1. The van der Waals surface area contributed by atoms with Gasteiger partial charge in [0.2, 0.25) is 5.91 Å². The second-order valence-corrected chi connectivity index (χ2v) is 8.36. The molecule has 0 aliphatic carbocycles. The van der Waals surface area contributed by atoms with Gasteiger partial charge in [-0.1, -0.05) is 12.1 Å². The summed E-state index contributed by atoms with van der Waals surface area (Å²) in [6, 6.07) is 9.94. The first-order valence-corrected chi connectivity index (χ1v) is 10.5. The maximum absolute atomic E-state index is 13.9. The van der Waals surface area contributed by atoms with E-state index in [2.05, 4.69) is 4.98 Å². The van der Waals surface area contributed by atoms with Crippen LogP contribution in [0.3, 0.4) is 0 Å². The summed E-state index contributed by atoms with van der Waals surface area (Å²) >= 11 is 0. The molecule has 2 aliphatic heterocycles. The number of aliphatic carboxylic acids is 1. The van der Waals surface area contributed by atoms with Crippen molar-refractivity contribution in [3.8, 4) is 0 Å². The maximum Gasteiger partial charge on any atom is 0.490 e. The number of nitrogens with zero attached hydrogens (tertiary/aromatic N) is 3. The van der Waals surface area contributed by atoms with Gasteiger partial charge in [0.25, 0.3) is 5.91 Å². The number of alkyl halides is 3. The average molecular weight is 481 g/mol. The van der Waals surface area contributed by atoms with E-state index in [1.54, 1.807) is 29.4 Å². The Morgan fingerprint density at radius 2 is 1.65 bits per heavy atom. The van der Waals surface area contributed by atoms with Gasteiger partial charge in [0.05, 0.1) is 5.56 Å². The third kappa shape index (κ3) is 6.09. The molecule has 7 nitrogen and oxygen atoms in total. The van der Waals surface area contributed by atoms with E-state index in [0.29, 0.717) is 26.1 Å². The van der Waals surface area contributed by atoms with Crippen molar-refractivity contribution in [2.75, 3.05) is 19.6 Å². The van der Waals surface area contributed by atoms with Gasteiger partial charge in [-0.25, -0.2) is 9.18 Å². The highest BCUT2D eigenvalue weighted by Crippen LogP contribution is 2.41. The molecule has 2 saturated heterocycles. The Balaban J connectivity index is 0.000000406. The molecule has 2 fully saturated rings. The topological polar surface area (TPSA) is 90.8 Å². The van der Waals surface area contributed by atoms with Crippen LogP contribution in [0.4, 0.5) is 17.6 Å². The highest BCUT2D eigenvalue weighted by molar-refractivity contribution is 5.94. The standard InChI is InChI=1S/C21H22FN3O2.C2HF3O2/c22-18-4-2-1-3-17(18)20(27)24-11-7-21(8-12-24)13-19(26)25(15-21)14-16-5-9-23-10-6-16;3-2(4,5)1(6)7/h1-6,9-10H,7-8,11-15H2;(H,6,7). The monoisotopic (exact) mass is 481 g/mol. The number of hydrogen-bond acceptors (Lipinski definition) is 4. The molecule has 1 spiro atoms. The van der Waals surface area contributed by atoms with Crippen molar-refractivity contribution in [2.45, 2.75) is 32.0 Å². The quantitative estimate of drug-likeness (QED) is 0.678. The van der Waals surface area contributed by atoms with Gasteiger partial charge in [-0.05, 0) is 42.7 Å². The normalized spacial score (nSPS) is 17.4. The molecule has 182 valence electrons. The first kappa shape index (κ1) is 25.1. The summed E-state index contributed by atoms with van der Waals surface area (Å²) < 4.78 is 45.6. The molecule has 1 aromatic heterocycles. The Morgan fingerprint density at radius 1 is 1.06 bits per heavy atom. The minimum atomic E-state index is -5.08. The van der Waals surface area contributed by atoms with Gasteiger partial charge in [-0.15, -0.1) is 0 Å². The number of hydrogen-bond donors (Lipinski definition) is 1. The second kappa shape index (κ2) is 10.2. The lowest BCUT2D eigenvalue weighted by atomic mass is 9.77. The molecule has 1 aromatic carbocycles. The van der Waals surface area contributed by atoms with Crippen molar-refractivity contribution >= 4 is 17.8 Å². The molecule has 0 bridgehead atoms. The molecule has 2 amide bonds. The molecule has 0 radical (unpaired) electrons. The van der Waals surface area contributed by atoms with Crippen LogP contribution in [0.2, 0.25) is 0 Å². The molecule has 2 aromatic rings. The van der Waals surface area contributed by atoms with Crippen LogP contribution in [0.15, 0.2) is 48.8 Å². The van der Waals surface area contributed by atoms with Crippen LogP contribution in [0, 0.1) is 11.2 Å². The molecule has 34 heavy (non-hydrogen) atoms. The summed E-state index contributed by atoms with van der Waals surface area (Å²) in [4.78, 5) is 41.6. The zero-order valence-electron chi connectivity index (χ0n) is 18.1. The predicted molar refractivity (Wildman–Crippen MR) is 112 cm³/mol. The number of aromatic nitrogens is 1. The van der Waals surface area contributed by atoms with Crippen molar-refractivity contribution in [1.29, 1.82) is 0 Å². The molecule has 1 N–H and O–H groups in total. The summed E-state index contributed by atoms with van der Waals surface area (Å²) in [6.07, 6.45) is 0.453. The lowest BCUT2D eigenvalue weighted by Crippen LogP contribution is -2.44. The SMILES string of the molecule is O=C(O)C(F)(F)F.O=C1CC2(CCN(C(=O)c3ccccc3F)CC2)CN1Cc1ccncc1. The Morgan fingerprint density at radius 3 is 2.21 bits per heavy atom. The predicted octanol–water partition coefficient (Wildman–Crippen LogP) is 3.51. The van der Waals surface area contributed by atoms with Gasteiger partial charge in [0.15, 0.2) is 0 Å². The number of halogens is 4. The Hall–Kier alpha value is -3.50. The summed E-state index contributed by atoms with van der Waals surface area (Å²) in [5, 5.41) is 7.12. The van der Waals surface area contributed by atoms with Crippen molar-refractivity contribution in [3.05, 3.63) is 65.7 Å². The van der Waals surface area contributed by atoms with Gasteiger partial charge in [-0.2, -0.15) is 13.2 Å². The third-order valence-electron chi connectivity index (χ3n) is 5.99. The molecule has 4 rings (SSSR count). The first-order chi connectivity index (χ1) is 16.0. The summed E-state index contributed by atoms with van der Waals surface area (Å²) in [6.45, 7) is 2.43. The minimum absolute atomic E-state index is 0.0733. The number of pyridine rings is 1. The third-order valence-corrected chi connectivity index (χ3v) is 5.99. The smallest absolute Gasteiger partial charge is 0.475 e. The minimum Gasteiger partial charge on any atom is -0.475 e. The van der Waals surface area contributed by atoms with E-state index in [-0.39, 0.29) is 22.8 Å². The van der Waals surface area contributed by atoms with Crippen LogP contribution in [0.1, 0.15) is 35.2 Å². The largest absolute Gasteiger partial charge is 0.490 e. The van der Waals surface area contributed by atoms with E-state index in [1.807, 2.05) is 17.0 Å². The number of carboxylic acids is 1. The molecule has 2 aliphatic rings. The van der Waals surface area contributed by atoms with Crippen LogP contribution in [0.25, 0.3) is 0 Å². The Labute approximate surface area is 193 Å². The highest BCUT2D eigenvalue weighted by atomic mass is 19.4. The number of carbonyl (C=O) groups is 3. The van der Waals surface area contributed by atoms with Gasteiger partial charge in [-0.3, -0.25) is 14.6 Å². The van der Waals surface area contributed by atoms with E-state index in [0.717, 1.165) is 24.9 Å². The number of rotatable bonds is 3. The lowest BCUT2D eigenvalue weighted by Gasteiger charge is -2.38. The molecular weight excluding hydrogens is 458 g/mol. The van der Waals surface area contributed by atoms with Crippen molar-refractivity contribution in [1.82, 2.24) is 14.8 Å². The van der Waals surface area contributed by atoms with E-state index >= 15 is 0 Å². The average Bonchev–Trinajstić information content (AvgIpc) is 3.09. The van der Waals surface area contributed by atoms with Gasteiger partial charge in [0, 0.05) is 50.4 Å². The Bertz CT molecular complexity index is 1040. The summed E-state index contributed by atoms with van der Waals surface area (Å²) in [7, 11) is 0. The van der Waals surface area contributed by atoms with Crippen LogP contribution < -0.4 is 0 Å². The fraction of sp³-hybridized carbons (Fsp3) is 0.391. The van der Waals surface area contributed by atoms with Crippen molar-refractivity contribution in [2.24, 2.45) is 5.41 Å². The zero-order chi connectivity index (χ0) is 24.9. The Kier molecular flexibility index (Phi) is 7.53. The molecular formula is C23H23F4N3O4. The van der Waals surface area contributed by atoms with Crippen LogP contribution in [-0.2, 0) is 16.1 Å². The number of amides is 2. The fourth-order valence-corrected chi connectivity index (χ4v) is 4.16. The van der Waals surface area contributed by atoms with Gasteiger partial charge < -0.3 is 14.9 Å². The summed E-state index contributed by atoms with van der Waals surface area (Å²) in [5.41, 5.74) is 1.12. The second-order valence-electron chi connectivity index (χ2n) is 8.36. The van der Waals surface area contributed by atoms with Crippen molar-refractivity contribution < 1.29 is 37.1 Å². The molecule has 0 unspecified atom stereocenters. The number of piperidine rings is 1. The van der Waals surface area contributed by atoms with E-state index in [4.69, 9.17) is 9.90 Å². The highest BCUT2D eigenvalue weighted by Gasteiger charge is 2.45. The van der Waals surface area contributed by atoms with Crippen molar-refractivity contribution in [3.63, 3.8) is 0 Å². The molecule has 0 saturated carbocycles. The lowest BCUT2D eigenvalue weighted by molar-refractivity contribution is -0.192. The molecule has 11 heteroatoms. The van der Waals surface area contributed by atoms with Crippen LogP contribution >= 0.6 is 0 Å². The maximum atomic E-state index is 13.9. The van der Waals surface area contributed by atoms with Gasteiger partial charge >= 0.3 is 12.1 Å². The summed E-state index contributed by atoms with van der Waals surface area (Å²) in [5.74, 6) is -3.34. The van der Waals surface area contributed by atoms with Gasteiger partial charge in [0.1, 0.15) is 5.82 Å². The first-order valence-electron chi connectivity index (χ1n) is 10.5. The van der Waals surface area contributed by atoms with Crippen LogP contribution in [-0.4, -0.2) is 63.5 Å². The number of likely N-dealkylation sites (tertiary alicyclic amines) is 2. The van der Waals surface area contributed by atoms with E-state index in [1.165, 1.54) is 12.1 Å². The molecule has 0 atom stereocenters. The van der Waals surface area contributed by atoms with E-state index < -0.39 is 18.0 Å². The fourth-order valence-electron chi connectivity index (χ4n) is 4.16. The van der Waals surface area contributed by atoms with Crippen LogP contribution in [0.5, 0.6) is 0 Å². The number of carbonyl (C=O) groups excluding carboxylic acids is 2.